The van der Waals surface area contributed by atoms with E-state index in [2.05, 4.69) is 16.0 Å². The van der Waals surface area contributed by atoms with E-state index in [1.54, 1.807) is 6.20 Å². The van der Waals surface area contributed by atoms with Gasteiger partial charge in [-0.25, -0.2) is 4.98 Å². The van der Waals surface area contributed by atoms with Crippen LogP contribution in [0.3, 0.4) is 0 Å². The molecule has 5 heteroatoms. The molecule has 4 aromatic rings. The fourth-order valence-corrected chi connectivity index (χ4v) is 4.15. The Morgan fingerprint density at radius 3 is 2.55 bits per heavy atom. The van der Waals surface area contributed by atoms with Crippen LogP contribution in [0.5, 0.6) is 5.75 Å². The fourth-order valence-electron chi connectivity index (χ4n) is 3.22. The topological polar surface area (TPSA) is 58.8 Å². The van der Waals surface area contributed by atoms with E-state index in [1.165, 1.54) is 11.3 Å². The average molecular weight is 398 g/mol. The van der Waals surface area contributed by atoms with Gasteiger partial charge < -0.3 is 4.74 Å². The van der Waals surface area contributed by atoms with Gasteiger partial charge in [-0.2, -0.15) is 5.26 Å². The van der Waals surface area contributed by atoms with Crippen LogP contribution in [0.15, 0.2) is 60.8 Å². The molecule has 0 unspecified atom stereocenters. The summed E-state index contributed by atoms with van der Waals surface area (Å²) < 4.78 is 7.08. The van der Waals surface area contributed by atoms with Crippen molar-refractivity contribution in [1.29, 1.82) is 5.26 Å². The number of aromatic nitrogens is 2. The summed E-state index contributed by atoms with van der Waals surface area (Å²) in [6.07, 6.45) is 3.65. The molecule has 0 aliphatic rings. The lowest BCUT2D eigenvalue weighted by Crippen LogP contribution is -2.01. The van der Waals surface area contributed by atoms with Crippen LogP contribution in [0.1, 0.15) is 27.4 Å². The van der Waals surface area contributed by atoms with Gasteiger partial charge in [0, 0.05) is 6.20 Å². The molecule has 4 rings (SSSR count). The van der Waals surface area contributed by atoms with Crippen LogP contribution in [0, 0.1) is 25.2 Å². The van der Waals surface area contributed by atoms with Crippen molar-refractivity contribution < 1.29 is 4.74 Å². The monoisotopic (exact) mass is 397 g/mol. The predicted molar refractivity (Wildman–Crippen MR) is 118 cm³/mol. The van der Waals surface area contributed by atoms with Crippen molar-refractivity contribution in [3.05, 3.63) is 88.2 Å². The second kappa shape index (κ2) is 8.26. The molecule has 4 nitrogen and oxygen atoms in total. The van der Waals surface area contributed by atoms with Crippen molar-refractivity contribution in [2.45, 2.75) is 20.5 Å². The predicted octanol–water partition coefficient (Wildman–Crippen LogP) is 5.95. The molecule has 0 aliphatic heterocycles. The first kappa shape index (κ1) is 18.9. The summed E-state index contributed by atoms with van der Waals surface area (Å²) in [5, 5.41) is 10.4. The van der Waals surface area contributed by atoms with Crippen LogP contribution in [0.4, 0.5) is 0 Å². The van der Waals surface area contributed by atoms with Crippen LogP contribution < -0.4 is 4.74 Å². The summed E-state index contributed by atoms with van der Waals surface area (Å²) in [5.41, 5.74) is 5.37. The first-order chi connectivity index (χ1) is 14.1. The Morgan fingerprint density at radius 1 is 1.10 bits per heavy atom. The molecule has 0 atom stereocenters. The Hall–Kier alpha value is -3.49. The molecule has 0 spiro atoms. The van der Waals surface area contributed by atoms with Crippen molar-refractivity contribution in [3.63, 3.8) is 0 Å². The Morgan fingerprint density at radius 2 is 1.86 bits per heavy atom. The lowest BCUT2D eigenvalue weighted by Gasteiger charge is -2.13. The number of aryl methyl sites for hydroxylation is 2. The van der Waals surface area contributed by atoms with Crippen molar-refractivity contribution in [2.75, 3.05) is 0 Å². The summed E-state index contributed by atoms with van der Waals surface area (Å²) in [7, 11) is 0. The van der Waals surface area contributed by atoms with Crippen LogP contribution in [-0.4, -0.2) is 9.97 Å². The highest BCUT2D eigenvalue weighted by Gasteiger charge is 2.11. The molecule has 0 saturated heterocycles. The first-order valence-corrected chi connectivity index (χ1v) is 10.1. The molecule has 0 aliphatic carbocycles. The van der Waals surface area contributed by atoms with Gasteiger partial charge in [0.1, 0.15) is 23.4 Å². The average Bonchev–Trinajstić information content (AvgIpc) is 3.16. The van der Waals surface area contributed by atoms with E-state index in [4.69, 9.17) is 4.74 Å². The molecular formula is C24H19N3OS. The minimum absolute atomic E-state index is 0.423. The van der Waals surface area contributed by atoms with Crippen LogP contribution in [0.25, 0.3) is 21.9 Å². The zero-order valence-corrected chi connectivity index (χ0v) is 17.0. The van der Waals surface area contributed by atoms with Crippen molar-refractivity contribution in [2.24, 2.45) is 0 Å². The minimum Gasteiger partial charge on any atom is -0.487 e. The van der Waals surface area contributed by atoms with E-state index in [0.717, 1.165) is 43.4 Å². The lowest BCUT2D eigenvalue weighted by atomic mass is 10.0. The second-order valence-electron chi connectivity index (χ2n) is 6.75. The highest BCUT2D eigenvalue weighted by molar-refractivity contribution is 7.19. The van der Waals surface area contributed by atoms with E-state index >= 15 is 0 Å². The zero-order valence-electron chi connectivity index (χ0n) is 16.2. The maximum Gasteiger partial charge on any atom is 0.135 e. The fraction of sp³-hybridized carbons (Fsp3) is 0.125. The molecule has 0 amide bonds. The number of hydrogen-bond donors (Lipinski definition) is 0. The normalized spacial score (nSPS) is 11.4. The maximum absolute atomic E-state index is 9.69. The number of fused-ring (bicyclic) bond motifs is 1. The van der Waals surface area contributed by atoms with Gasteiger partial charge in [0.05, 0.1) is 21.5 Å². The molecule has 0 bridgehead atoms. The minimum atomic E-state index is 0.423. The highest BCUT2D eigenvalue weighted by Crippen LogP contribution is 2.30. The third-order valence-electron chi connectivity index (χ3n) is 4.53. The summed E-state index contributed by atoms with van der Waals surface area (Å²) in [5.74, 6) is 0.853. The van der Waals surface area contributed by atoms with Crippen molar-refractivity contribution >= 4 is 33.2 Å². The maximum atomic E-state index is 9.69. The Bertz CT molecular complexity index is 1180. The molecule has 0 fully saturated rings. The second-order valence-corrected chi connectivity index (χ2v) is 7.78. The summed E-state index contributed by atoms with van der Waals surface area (Å²) in [6, 6.07) is 20.1. The summed E-state index contributed by atoms with van der Waals surface area (Å²) >= 11 is 1.53. The van der Waals surface area contributed by atoms with Gasteiger partial charge in [0.25, 0.3) is 0 Å². The number of allylic oxidation sites excluding steroid dienone is 1. The smallest absolute Gasteiger partial charge is 0.135 e. The van der Waals surface area contributed by atoms with Gasteiger partial charge in [0.2, 0.25) is 0 Å². The Labute approximate surface area is 173 Å². The third kappa shape index (κ3) is 4.18. The molecule has 2 heterocycles. The zero-order chi connectivity index (χ0) is 20.2. The van der Waals surface area contributed by atoms with E-state index in [0.29, 0.717) is 12.2 Å². The van der Waals surface area contributed by atoms with E-state index < -0.39 is 0 Å². The van der Waals surface area contributed by atoms with E-state index in [9.17, 15) is 5.26 Å². The number of nitriles is 1. The molecule has 2 aromatic heterocycles. The lowest BCUT2D eigenvalue weighted by molar-refractivity contribution is 0.297. The summed E-state index contributed by atoms with van der Waals surface area (Å²) in [4.78, 5) is 8.90. The van der Waals surface area contributed by atoms with E-state index in [-0.39, 0.29) is 0 Å². The number of nitrogens with zero attached hydrogens (tertiary/aromatic N) is 3. The number of ether oxygens (including phenoxy) is 1. The Balaban J connectivity index is 1.61. The van der Waals surface area contributed by atoms with Gasteiger partial charge in [-0.3, -0.25) is 4.98 Å². The molecule has 2 aromatic carbocycles. The van der Waals surface area contributed by atoms with E-state index in [1.807, 2.05) is 74.5 Å². The number of para-hydroxylation sites is 1. The number of thiazole rings is 1. The van der Waals surface area contributed by atoms with Gasteiger partial charge in [-0.1, -0.05) is 18.2 Å². The van der Waals surface area contributed by atoms with Crippen LogP contribution >= 0.6 is 11.3 Å². The standard InChI is InChI=1S/C24H19N3OS/c1-16-11-18(12-17(2)23(16)28-15-20-7-5-6-10-26-20)13-19(14-25)24-27-21-8-3-4-9-22(21)29-24/h3-13H,15H2,1-2H3/b19-13+. The number of rotatable bonds is 5. The quantitative estimate of drug-likeness (QED) is 0.390. The van der Waals surface area contributed by atoms with Crippen LogP contribution in [0.2, 0.25) is 0 Å². The number of benzene rings is 2. The molecule has 142 valence electrons. The molecule has 0 N–H and O–H groups in total. The Kier molecular flexibility index (Phi) is 5.37. The summed E-state index contributed by atoms with van der Waals surface area (Å²) in [6.45, 7) is 4.45. The SMILES string of the molecule is Cc1cc(/C=C(\C#N)c2nc3ccccc3s2)cc(C)c1OCc1ccccn1. The third-order valence-corrected chi connectivity index (χ3v) is 5.60. The van der Waals surface area contributed by atoms with Crippen molar-refractivity contribution in [3.8, 4) is 11.8 Å². The van der Waals surface area contributed by atoms with Gasteiger partial charge >= 0.3 is 0 Å². The molecule has 0 saturated carbocycles. The molecule has 29 heavy (non-hydrogen) atoms. The van der Waals surface area contributed by atoms with Gasteiger partial charge in [-0.05, 0) is 73.0 Å². The number of pyridine rings is 1. The molecule has 0 radical (unpaired) electrons. The van der Waals surface area contributed by atoms with Crippen molar-refractivity contribution in [1.82, 2.24) is 9.97 Å². The largest absolute Gasteiger partial charge is 0.487 e. The number of hydrogen-bond acceptors (Lipinski definition) is 5. The highest BCUT2D eigenvalue weighted by atomic mass is 32.1. The van der Waals surface area contributed by atoms with Gasteiger partial charge in [0.15, 0.2) is 0 Å². The first-order valence-electron chi connectivity index (χ1n) is 9.26. The van der Waals surface area contributed by atoms with Gasteiger partial charge in [-0.15, -0.1) is 11.3 Å². The molecular weight excluding hydrogens is 378 g/mol. The van der Waals surface area contributed by atoms with Crippen LogP contribution in [-0.2, 0) is 6.61 Å².